The minimum atomic E-state index is -0.531. The number of amides is 1. The van der Waals surface area contributed by atoms with Crippen LogP contribution in [0.15, 0.2) is 36.4 Å². The highest BCUT2D eigenvalue weighted by Crippen LogP contribution is 2.22. The summed E-state index contributed by atoms with van der Waals surface area (Å²) < 4.78 is 5.48. The second kappa shape index (κ2) is 4.75. The summed E-state index contributed by atoms with van der Waals surface area (Å²) in [4.78, 5) is 15.2. The monoisotopic (exact) mass is 244 g/mol. The van der Waals surface area contributed by atoms with Gasteiger partial charge in [0.25, 0.3) is 0 Å². The molecule has 2 rings (SSSR count). The average Bonchev–Trinajstić information content (AvgIpc) is 2.31. The highest BCUT2D eigenvalue weighted by atomic mass is 16.5. The van der Waals surface area contributed by atoms with Crippen molar-refractivity contribution in [3.8, 4) is 17.4 Å². The summed E-state index contributed by atoms with van der Waals surface area (Å²) in [5.41, 5.74) is 6.19. The molecule has 1 amide bonds. The topological polar surface area (TPSA) is 85.4 Å². The predicted octanol–water partition coefficient (Wildman–Crippen LogP) is 1.99. The van der Waals surface area contributed by atoms with Crippen molar-refractivity contribution in [1.29, 1.82) is 0 Å². The van der Waals surface area contributed by atoms with Crippen LogP contribution in [-0.2, 0) is 0 Å². The van der Waals surface area contributed by atoms with Crippen molar-refractivity contribution >= 4 is 5.91 Å². The van der Waals surface area contributed by atoms with Crippen LogP contribution in [0.25, 0.3) is 0 Å². The molecule has 5 nitrogen and oxygen atoms in total. The van der Waals surface area contributed by atoms with Gasteiger partial charge in [0.15, 0.2) is 0 Å². The normalized spacial score (nSPS) is 10.1. The van der Waals surface area contributed by atoms with Gasteiger partial charge in [0.1, 0.15) is 11.5 Å². The lowest BCUT2D eigenvalue weighted by Gasteiger charge is -2.07. The Hall–Kier alpha value is -2.56. The van der Waals surface area contributed by atoms with Crippen LogP contribution in [0.3, 0.4) is 0 Å². The number of benzene rings is 1. The Morgan fingerprint density at radius 1 is 1.28 bits per heavy atom. The second-order valence-corrected chi connectivity index (χ2v) is 3.80. The van der Waals surface area contributed by atoms with E-state index in [2.05, 4.69) is 4.98 Å². The van der Waals surface area contributed by atoms with Crippen LogP contribution in [0.1, 0.15) is 16.1 Å². The minimum Gasteiger partial charge on any atom is -0.508 e. The van der Waals surface area contributed by atoms with E-state index in [1.165, 1.54) is 18.2 Å². The Kier molecular flexibility index (Phi) is 3.14. The number of aryl methyl sites for hydroxylation is 1. The van der Waals surface area contributed by atoms with E-state index >= 15 is 0 Å². The van der Waals surface area contributed by atoms with Crippen molar-refractivity contribution in [1.82, 2.24) is 4.98 Å². The van der Waals surface area contributed by atoms with Crippen molar-refractivity contribution in [3.63, 3.8) is 0 Å². The van der Waals surface area contributed by atoms with Crippen molar-refractivity contribution < 1.29 is 14.6 Å². The Morgan fingerprint density at radius 2 is 1.94 bits per heavy atom. The number of hydrogen-bond acceptors (Lipinski definition) is 4. The van der Waals surface area contributed by atoms with Gasteiger partial charge in [0.05, 0.1) is 0 Å². The molecule has 1 aromatic carbocycles. The zero-order chi connectivity index (χ0) is 13.1. The average molecular weight is 244 g/mol. The van der Waals surface area contributed by atoms with Crippen molar-refractivity contribution in [2.45, 2.75) is 6.92 Å². The zero-order valence-electron chi connectivity index (χ0n) is 9.75. The molecule has 92 valence electrons. The molecular weight excluding hydrogens is 232 g/mol. The third kappa shape index (κ3) is 2.76. The maximum absolute atomic E-state index is 11.1. The van der Waals surface area contributed by atoms with Gasteiger partial charge in [-0.1, -0.05) is 0 Å². The highest BCUT2D eigenvalue weighted by molar-refractivity contribution is 5.93. The number of phenols is 1. The molecule has 0 aliphatic heterocycles. The summed E-state index contributed by atoms with van der Waals surface area (Å²) in [6.07, 6.45) is 0. The summed E-state index contributed by atoms with van der Waals surface area (Å²) in [6.45, 7) is 1.75. The second-order valence-electron chi connectivity index (χ2n) is 3.80. The molecular formula is C13H12N2O3. The number of phenolic OH excluding ortho intramolecular Hbond substituents is 1. The van der Waals surface area contributed by atoms with Crippen LogP contribution in [0.5, 0.6) is 17.4 Å². The van der Waals surface area contributed by atoms with E-state index in [-0.39, 0.29) is 11.6 Å². The molecule has 3 N–H and O–H groups in total. The molecule has 18 heavy (non-hydrogen) atoms. The number of rotatable bonds is 3. The summed E-state index contributed by atoms with van der Waals surface area (Å²) in [5.74, 6) is 0.421. The molecule has 0 saturated carbocycles. The Balaban J connectivity index is 2.28. The SMILES string of the molecule is Cc1cc(C(N)=O)cc(Oc2ccc(O)cc2)n1. The molecule has 0 saturated heterocycles. The van der Waals surface area contributed by atoms with Crippen molar-refractivity contribution in [3.05, 3.63) is 47.7 Å². The minimum absolute atomic E-state index is 0.150. The van der Waals surface area contributed by atoms with Crippen LogP contribution in [-0.4, -0.2) is 16.0 Å². The molecule has 0 aliphatic carbocycles. The van der Waals surface area contributed by atoms with Crippen molar-refractivity contribution in [2.75, 3.05) is 0 Å². The molecule has 1 aromatic heterocycles. The van der Waals surface area contributed by atoms with Crippen LogP contribution in [0, 0.1) is 6.92 Å². The van der Waals surface area contributed by atoms with Gasteiger partial charge in [0.2, 0.25) is 11.8 Å². The molecule has 0 aliphatic rings. The number of primary amides is 1. The predicted molar refractivity (Wildman–Crippen MR) is 65.7 cm³/mol. The summed E-state index contributed by atoms with van der Waals surface area (Å²) in [7, 11) is 0. The Morgan fingerprint density at radius 3 is 2.56 bits per heavy atom. The number of pyridine rings is 1. The first-order valence-corrected chi connectivity index (χ1v) is 5.30. The molecule has 0 bridgehead atoms. The van der Waals surface area contributed by atoms with Gasteiger partial charge in [-0.25, -0.2) is 4.98 Å². The Labute approximate surface area is 104 Å². The number of nitrogens with two attached hydrogens (primary N) is 1. The van der Waals surface area contributed by atoms with Crippen LogP contribution in [0.2, 0.25) is 0 Å². The summed E-state index contributed by atoms with van der Waals surface area (Å²) in [6, 6.07) is 9.26. The van der Waals surface area contributed by atoms with E-state index in [1.807, 2.05) is 0 Å². The van der Waals surface area contributed by atoms with Crippen molar-refractivity contribution in [2.24, 2.45) is 5.73 Å². The molecule has 5 heteroatoms. The number of carbonyl (C=O) groups excluding carboxylic acids is 1. The standard InChI is InChI=1S/C13H12N2O3/c1-8-6-9(13(14)17)7-12(15-8)18-11-4-2-10(16)3-5-11/h2-7,16H,1H3,(H2,14,17). The van der Waals surface area contributed by atoms with Gasteiger partial charge >= 0.3 is 0 Å². The smallest absolute Gasteiger partial charge is 0.248 e. The number of carbonyl (C=O) groups is 1. The van der Waals surface area contributed by atoms with Crippen LogP contribution in [0.4, 0.5) is 0 Å². The summed E-state index contributed by atoms with van der Waals surface area (Å²) >= 11 is 0. The molecule has 0 unspecified atom stereocenters. The Bertz CT molecular complexity index is 579. The van der Waals surface area contributed by atoms with Crippen LogP contribution >= 0.6 is 0 Å². The lowest BCUT2D eigenvalue weighted by Crippen LogP contribution is -2.11. The van der Waals surface area contributed by atoms with E-state index in [0.717, 1.165) is 0 Å². The lowest BCUT2D eigenvalue weighted by atomic mass is 10.2. The molecule has 2 aromatic rings. The number of nitrogens with zero attached hydrogens (tertiary/aromatic N) is 1. The van der Waals surface area contributed by atoms with Gasteiger partial charge < -0.3 is 15.6 Å². The number of hydrogen-bond donors (Lipinski definition) is 2. The van der Waals surface area contributed by atoms with E-state index in [1.54, 1.807) is 25.1 Å². The fourth-order valence-corrected chi connectivity index (χ4v) is 1.47. The third-order valence-electron chi connectivity index (χ3n) is 2.27. The number of ether oxygens (including phenoxy) is 1. The number of aromatic hydroxyl groups is 1. The fourth-order valence-electron chi connectivity index (χ4n) is 1.47. The van der Waals surface area contributed by atoms with Crippen LogP contribution < -0.4 is 10.5 Å². The van der Waals surface area contributed by atoms with E-state index in [4.69, 9.17) is 15.6 Å². The first-order valence-electron chi connectivity index (χ1n) is 5.30. The zero-order valence-corrected chi connectivity index (χ0v) is 9.75. The van der Waals surface area contributed by atoms with Gasteiger partial charge in [-0.05, 0) is 37.3 Å². The van der Waals surface area contributed by atoms with E-state index in [9.17, 15) is 4.79 Å². The van der Waals surface area contributed by atoms with E-state index in [0.29, 0.717) is 17.0 Å². The first kappa shape index (κ1) is 11.9. The van der Waals surface area contributed by atoms with Gasteiger partial charge in [0, 0.05) is 17.3 Å². The lowest BCUT2D eigenvalue weighted by molar-refractivity contribution is 0.0999. The number of aromatic nitrogens is 1. The fraction of sp³-hybridized carbons (Fsp3) is 0.0769. The molecule has 0 spiro atoms. The highest BCUT2D eigenvalue weighted by Gasteiger charge is 2.06. The van der Waals surface area contributed by atoms with Gasteiger partial charge in [-0.15, -0.1) is 0 Å². The maximum atomic E-state index is 11.1. The van der Waals surface area contributed by atoms with Gasteiger partial charge in [-0.2, -0.15) is 0 Å². The quantitative estimate of drug-likeness (QED) is 0.864. The largest absolute Gasteiger partial charge is 0.508 e. The molecule has 1 heterocycles. The van der Waals surface area contributed by atoms with Gasteiger partial charge in [-0.3, -0.25) is 4.79 Å². The molecule has 0 fully saturated rings. The summed E-state index contributed by atoms with van der Waals surface area (Å²) in [5, 5.41) is 9.15. The van der Waals surface area contributed by atoms with E-state index < -0.39 is 5.91 Å². The molecule has 0 atom stereocenters. The molecule has 0 radical (unpaired) electrons. The first-order chi connectivity index (χ1) is 8.54. The maximum Gasteiger partial charge on any atom is 0.248 e. The third-order valence-corrected chi connectivity index (χ3v) is 2.27.